The number of carbonyl (C=O) groups is 1. The molecular formula is C18H14FN3O3. The SMILES string of the molecule is O=C(NCc1ccc(Oc2cccnc2)c(F)c1)c1ccc(=O)[nH]c1. The van der Waals surface area contributed by atoms with Crippen molar-refractivity contribution in [1.82, 2.24) is 15.3 Å². The number of ether oxygens (including phenoxy) is 1. The van der Waals surface area contributed by atoms with Gasteiger partial charge in [0.25, 0.3) is 5.91 Å². The third kappa shape index (κ3) is 4.29. The van der Waals surface area contributed by atoms with E-state index in [0.29, 0.717) is 16.9 Å². The molecule has 0 saturated carbocycles. The van der Waals surface area contributed by atoms with Gasteiger partial charge < -0.3 is 15.0 Å². The predicted octanol–water partition coefficient (Wildman–Crippen LogP) is 2.63. The van der Waals surface area contributed by atoms with Crippen molar-refractivity contribution in [2.75, 3.05) is 0 Å². The molecule has 126 valence electrons. The topological polar surface area (TPSA) is 84.1 Å². The summed E-state index contributed by atoms with van der Waals surface area (Å²) in [5, 5.41) is 2.65. The molecule has 3 aromatic rings. The van der Waals surface area contributed by atoms with Crippen LogP contribution in [0.3, 0.4) is 0 Å². The van der Waals surface area contributed by atoms with Gasteiger partial charge in [-0.05, 0) is 35.9 Å². The number of nitrogens with zero attached hydrogens (tertiary/aromatic N) is 1. The summed E-state index contributed by atoms with van der Waals surface area (Å²) in [6.07, 6.45) is 4.40. The highest BCUT2D eigenvalue weighted by atomic mass is 19.1. The number of hydrogen-bond donors (Lipinski definition) is 2. The highest BCUT2D eigenvalue weighted by Gasteiger charge is 2.09. The summed E-state index contributed by atoms with van der Waals surface area (Å²) >= 11 is 0. The van der Waals surface area contributed by atoms with Gasteiger partial charge in [0.15, 0.2) is 11.6 Å². The average Bonchev–Trinajstić information content (AvgIpc) is 2.63. The maximum Gasteiger partial charge on any atom is 0.253 e. The predicted molar refractivity (Wildman–Crippen MR) is 88.9 cm³/mol. The van der Waals surface area contributed by atoms with Crippen LogP contribution in [0.4, 0.5) is 4.39 Å². The molecular weight excluding hydrogens is 325 g/mol. The Morgan fingerprint density at radius 3 is 2.80 bits per heavy atom. The summed E-state index contributed by atoms with van der Waals surface area (Å²) in [6, 6.07) is 10.5. The van der Waals surface area contributed by atoms with E-state index in [1.165, 1.54) is 36.7 Å². The molecule has 2 N–H and O–H groups in total. The first kappa shape index (κ1) is 16.4. The van der Waals surface area contributed by atoms with Gasteiger partial charge in [-0.3, -0.25) is 14.6 Å². The molecule has 6 nitrogen and oxygen atoms in total. The second kappa shape index (κ2) is 7.39. The standard InChI is InChI=1S/C18H14FN3O3/c19-15-8-12(3-5-16(15)25-14-2-1-7-20-11-14)9-22-18(24)13-4-6-17(23)21-10-13/h1-8,10-11H,9H2,(H,21,23)(H,22,24). The molecule has 0 unspecified atom stereocenters. The van der Waals surface area contributed by atoms with Crippen LogP contribution in [0.2, 0.25) is 0 Å². The van der Waals surface area contributed by atoms with Crippen LogP contribution >= 0.6 is 0 Å². The van der Waals surface area contributed by atoms with Crippen LogP contribution in [0.5, 0.6) is 11.5 Å². The van der Waals surface area contributed by atoms with Gasteiger partial charge in [-0.25, -0.2) is 4.39 Å². The molecule has 1 aromatic carbocycles. The van der Waals surface area contributed by atoms with Crippen molar-refractivity contribution in [3.63, 3.8) is 0 Å². The van der Waals surface area contributed by atoms with E-state index in [1.807, 2.05) is 0 Å². The monoisotopic (exact) mass is 339 g/mol. The minimum Gasteiger partial charge on any atom is -0.453 e. The fraction of sp³-hybridized carbons (Fsp3) is 0.0556. The maximum absolute atomic E-state index is 14.1. The number of rotatable bonds is 5. The summed E-state index contributed by atoms with van der Waals surface area (Å²) in [4.78, 5) is 29.3. The van der Waals surface area contributed by atoms with Gasteiger partial charge in [0, 0.05) is 25.0 Å². The van der Waals surface area contributed by atoms with E-state index in [1.54, 1.807) is 24.4 Å². The van der Waals surface area contributed by atoms with Crippen molar-refractivity contribution in [2.24, 2.45) is 0 Å². The number of benzene rings is 1. The molecule has 0 fully saturated rings. The Labute approximate surface area is 142 Å². The molecule has 0 atom stereocenters. The largest absolute Gasteiger partial charge is 0.453 e. The fourth-order valence-corrected chi connectivity index (χ4v) is 2.11. The first-order valence-corrected chi connectivity index (χ1v) is 7.45. The summed E-state index contributed by atoms with van der Waals surface area (Å²) in [5.74, 6) is -0.406. The van der Waals surface area contributed by atoms with Crippen molar-refractivity contribution in [3.8, 4) is 11.5 Å². The van der Waals surface area contributed by atoms with Gasteiger partial charge in [-0.1, -0.05) is 6.07 Å². The molecule has 3 rings (SSSR count). The Balaban J connectivity index is 1.63. The van der Waals surface area contributed by atoms with Gasteiger partial charge in [0.05, 0.1) is 11.8 Å². The fourth-order valence-electron chi connectivity index (χ4n) is 2.11. The first-order valence-electron chi connectivity index (χ1n) is 7.45. The first-order chi connectivity index (χ1) is 12.1. The Bertz CT molecular complexity index is 921. The number of carbonyl (C=O) groups excluding carboxylic acids is 1. The minimum absolute atomic E-state index is 0.0729. The molecule has 0 bridgehead atoms. The van der Waals surface area contributed by atoms with Crippen LogP contribution in [-0.4, -0.2) is 15.9 Å². The third-order valence-corrected chi connectivity index (χ3v) is 3.36. The highest BCUT2D eigenvalue weighted by molar-refractivity contribution is 5.93. The molecule has 7 heteroatoms. The smallest absolute Gasteiger partial charge is 0.253 e. The van der Waals surface area contributed by atoms with E-state index in [2.05, 4.69) is 15.3 Å². The number of pyridine rings is 2. The van der Waals surface area contributed by atoms with Gasteiger partial charge in [-0.2, -0.15) is 0 Å². The van der Waals surface area contributed by atoms with Crippen molar-refractivity contribution >= 4 is 5.91 Å². The van der Waals surface area contributed by atoms with Crippen LogP contribution in [0.25, 0.3) is 0 Å². The highest BCUT2D eigenvalue weighted by Crippen LogP contribution is 2.24. The molecule has 0 aliphatic rings. The lowest BCUT2D eigenvalue weighted by atomic mass is 10.2. The average molecular weight is 339 g/mol. The Kier molecular flexibility index (Phi) is 4.84. The summed E-state index contributed by atoms with van der Waals surface area (Å²) in [7, 11) is 0. The molecule has 0 spiro atoms. The molecule has 1 amide bonds. The van der Waals surface area contributed by atoms with Gasteiger partial charge in [0.1, 0.15) is 5.75 Å². The number of H-pyrrole nitrogens is 1. The van der Waals surface area contributed by atoms with E-state index in [4.69, 9.17) is 4.74 Å². The maximum atomic E-state index is 14.1. The number of amides is 1. The van der Waals surface area contributed by atoms with Gasteiger partial charge in [0.2, 0.25) is 5.56 Å². The van der Waals surface area contributed by atoms with Gasteiger partial charge in [-0.15, -0.1) is 0 Å². The van der Waals surface area contributed by atoms with E-state index < -0.39 is 5.82 Å². The van der Waals surface area contributed by atoms with Crippen molar-refractivity contribution in [1.29, 1.82) is 0 Å². The number of nitrogens with one attached hydrogen (secondary N) is 2. The number of hydrogen-bond acceptors (Lipinski definition) is 4. The molecule has 25 heavy (non-hydrogen) atoms. The zero-order valence-corrected chi connectivity index (χ0v) is 13.0. The summed E-state index contributed by atoms with van der Waals surface area (Å²) in [6.45, 7) is 0.141. The lowest BCUT2D eigenvalue weighted by Gasteiger charge is -2.09. The van der Waals surface area contributed by atoms with Crippen LogP contribution < -0.4 is 15.6 Å². The van der Waals surface area contributed by atoms with Crippen molar-refractivity contribution < 1.29 is 13.9 Å². The molecule has 0 saturated heterocycles. The third-order valence-electron chi connectivity index (χ3n) is 3.36. The van der Waals surface area contributed by atoms with Crippen molar-refractivity contribution in [2.45, 2.75) is 6.54 Å². The van der Waals surface area contributed by atoms with Crippen molar-refractivity contribution in [3.05, 3.63) is 88.4 Å². The summed E-state index contributed by atoms with van der Waals surface area (Å²) < 4.78 is 19.5. The van der Waals surface area contributed by atoms with Crippen LogP contribution in [0.15, 0.2) is 65.8 Å². The molecule has 0 aliphatic heterocycles. The van der Waals surface area contributed by atoms with Crippen LogP contribution in [-0.2, 0) is 6.54 Å². The zero-order valence-electron chi connectivity index (χ0n) is 13.0. The molecule has 2 heterocycles. The Hall–Kier alpha value is -3.48. The quantitative estimate of drug-likeness (QED) is 0.748. The number of halogens is 1. The minimum atomic E-state index is -0.542. The van der Waals surface area contributed by atoms with E-state index in [9.17, 15) is 14.0 Å². The number of aromatic nitrogens is 2. The molecule has 0 radical (unpaired) electrons. The summed E-state index contributed by atoms with van der Waals surface area (Å²) in [5.41, 5.74) is 0.605. The van der Waals surface area contributed by atoms with Gasteiger partial charge >= 0.3 is 0 Å². The van der Waals surface area contributed by atoms with Crippen LogP contribution in [0.1, 0.15) is 15.9 Å². The second-order valence-electron chi connectivity index (χ2n) is 5.18. The lowest BCUT2D eigenvalue weighted by molar-refractivity contribution is 0.0950. The zero-order chi connectivity index (χ0) is 17.6. The molecule has 2 aromatic heterocycles. The second-order valence-corrected chi connectivity index (χ2v) is 5.18. The van der Waals surface area contributed by atoms with Crippen LogP contribution in [0, 0.1) is 5.82 Å². The van der Waals surface area contributed by atoms with E-state index in [0.717, 1.165) is 0 Å². The number of aromatic amines is 1. The molecule has 0 aliphatic carbocycles. The Morgan fingerprint density at radius 1 is 1.24 bits per heavy atom. The lowest BCUT2D eigenvalue weighted by Crippen LogP contribution is -2.23. The normalized spacial score (nSPS) is 10.3. The van der Waals surface area contributed by atoms with E-state index >= 15 is 0 Å². The Morgan fingerprint density at radius 2 is 2.12 bits per heavy atom. The van der Waals surface area contributed by atoms with E-state index in [-0.39, 0.29) is 23.8 Å².